The van der Waals surface area contributed by atoms with Crippen LogP contribution < -0.4 is 4.57 Å². The molecule has 4 rings (SSSR count). The van der Waals surface area contributed by atoms with E-state index in [1.165, 1.54) is 5.56 Å². The van der Waals surface area contributed by atoms with Crippen molar-refractivity contribution in [3.05, 3.63) is 65.4 Å². The molecule has 0 fully saturated rings. The second-order valence-electron chi connectivity index (χ2n) is 6.23. The van der Waals surface area contributed by atoms with Crippen LogP contribution in [0.2, 0.25) is 0 Å². The first kappa shape index (κ1) is 14.5. The molecule has 116 valence electrons. The third kappa shape index (κ3) is 2.00. The van der Waals surface area contributed by atoms with E-state index in [1.54, 1.807) is 0 Å². The highest BCUT2D eigenvalue weighted by Crippen LogP contribution is 2.37. The molecule has 3 heteroatoms. The molecule has 3 nitrogen and oxygen atoms in total. The zero-order valence-corrected chi connectivity index (χ0v) is 13.9. The van der Waals surface area contributed by atoms with Crippen LogP contribution in [0.25, 0.3) is 33.2 Å². The lowest BCUT2D eigenvalue weighted by Crippen LogP contribution is -2.30. The molecule has 0 aliphatic carbocycles. The number of nitriles is 1. The molecule has 0 spiro atoms. The molecule has 0 bridgehead atoms. The third-order valence-corrected chi connectivity index (χ3v) is 4.54. The van der Waals surface area contributed by atoms with Gasteiger partial charge in [0.2, 0.25) is 5.69 Å². The molecule has 0 N–H and O–H groups in total. The van der Waals surface area contributed by atoms with Gasteiger partial charge in [0.1, 0.15) is 24.3 Å². The number of rotatable bonds is 1. The Morgan fingerprint density at radius 1 is 1.04 bits per heavy atom. The quantitative estimate of drug-likeness (QED) is 0.483. The van der Waals surface area contributed by atoms with Crippen LogP contribution in [0.3, 0.4) is 0 Å². The predicted molar refractivity (Wildman–Crippen MR) is 94.5 cm³/mol. The van der Waals surface area contributed by atoms with Gasteiger partial charge >= 0.3 is 0 Å². The lowest BCUT2D eigenvalue weighted by molar-refractivity contribution is -0.660. The number of fused-ring (bicyclic) bond motifs is 3. The Morgan fingerprint density at radius 2 is 1.88 bits per heavy atom. The smallest absolute Gasteiger partial charge is 0.214 e. The summed E-state index contributed by atoms with van der Waals surface area (Å²) in [6.45, 7) is 4.12. The Morgan fingerprint density at radius 3 is 2.62 bits per heavy atom. The highest BCUT2D eigenvalue weighted by molar-refractivity contribution is 6.09. The lowest BCUT2D eigenvalue weighted by Gasteiger charge is -2.07. The predicted octanol–water partition coefficient (Wildman–Crippen LogP) is 4.57. The summed E-state index contributed by atoms with van der Waals surface area (Å²) in [5.74, 6) is 0. The van der Waals surface area contributed by atoms with Crippen molar-refractivity contribution in [2.45, 2.75) is 13.8 Å². The zero-order chi connectivity index (χ0) is 16.8. The van der Waals surface area contributed by atoms with E-state index in [0.717, 1.165) is 33.2 Å². The van der Waals surface area contributed by atoms with Crippen molar-refractivity contribution in [2.75, 3.05) is 0 Å². The number of nitrogens with zero attached hydrogens (tertiary/aromatic N) is 2. The summed E-state index contributed by atoms with van der Waals surface area (Å²) in [4.78, 5) is 0. The number of furan rings is 1. The van der Waals surface area contributed by atoms with Crippen LogP contribution in [0.15, 0.2) is 53.1 Å². The van der Waals surface area contributed by atoms with Crippen LogP contribution in [0, 0.1) is 25.2 Å². The molecule has 0 atom stereocenters. The fourth-order valence-electron chi connectivity index (χ4n) is 3.38. The van der Waals surface area contributed by atoms with Crippen LogP contribution in [0.1, 0.15) is 16.7 Å². The second-order valence-corrected chi connectivity index (χ2v) is 6.23. The Kier molecular flexibility index (Phi) is 3.14. The van der Waals surface area contributed by atoms with Gasteiger partial charge in [-0.25, -0.2) is 4.57 Å². The molecule has 2 aromatic carbocycles. The first-order valence-electron chi connectivity index (χ1n) is 7.91. The highest BCUT2D eigenvalue weighted by Gasteiger charge is 2.22. The van der Waals surface area contributed by atoms with Gasteiger partial charge in [-0.15, -0.1) is 0 Å². The monoisotopic (exact) mass is 313 g/mol. The number of hydrogen-bond donors (Lipinski definition) is 0. The van der Waals surface area contributed by atoms with Crippen LogP contribution in [0.4, 0.5) is 0 Å². The fraction of sp³-hybridized carbons (Fsp3) is 0.143. The SMILES string of the molecule is Cc1ccc2oc3c(C#N)c(-c4cccc[n+]4C)c(C)cc3c2c1. The zero-order valence-electron chi connectivity index (χ0n) is 13.9. The van der Waals surface area contributed by atoms with Gasteiger partial charge in [-0.05, 0) is 43.7 Å². The molecule has 2 aromatic heterocycles. The Balaban J connectivity index is 2.17. The van der Waals surface area contributed by atoms with Crippen LogP contribution in [-0.2, 0) is 7.05 Å². The summed E-state index contributed by atoms with van der Waals surface area (Å²) < 4.78 is 8.08. The molecule has 4 aromatic rings. The van der Waals surface area contributed by atoms with Crippen molar-refractivity contribution in [1.82, 2.24) is 0 Å². The number of aromatic nitrogens is 1. The van der Waals surface area contributed by atoms with Crippen molar-refractivity contribution < 1.29 is 8.98 Å². The molecule has 24 heavy (non-hydrogen) atoms. The fourth-order valence-corrected chi connectivity index (χ4v) is 3.38. The van der Waals surface area contributed by atoms with Gasteiger partial charge in [0.15, 0.2) is 11.8 Å². The number of benzene rings is 2. The molecule has 0 aliphatic heterocycles. The summed E-state index contributed by atoms with van der Waals surface area (Å²) in [6, 6.07) is 16.6. The van der Waals surface area contributed by atoms with Crippen molar-refractivity contribution >= 4 is 21.9 Å². The van der Waals surface area contributed by atoms with Gasteiger partial charge < -0.3 is 4.42 Å². The van der Waals surface area contributed by atoms with Gasteiger partial charge in [0.05, 0.1) is 5.56 Å². The Hall–Kier alpha value is -3.12. The standard InChI is InChI=1S/C21H17N2O/c1-13-7-8-19-15(10-13)16-11-14(2)20(17(12-22)21(16)24-19)18-6-4-5-9-23(18)3/h4-11H,1-3H3/q+1. The van der Waals surface area contributed by atoms with E-state index in [9.17, 15) is 5.26 Å². The largest absolute Gasteiger partial charge is 0.455 e. The number of aryl methyl sites for hydroxylation is 3. The maximum Gasteiger partial charge on any atom is 0.214 e. The van der Waals surface area contributed by atoms with E-state index < -0.39 is 0 Å². The second kappa shape index (κ2) is 5.21. The van der Waals surface area contributed by atoms with Crippen molar-refractivity contribution in [2.24, 2.45) is 7.05 Å². The maximum absolute atomic E-state index is 9.85. The maximum atomic E-state index is 9.85. The minimum Gasteiger partial charge on any atom is -0.455 e. The molecule has 0 aliphatic rings. The molecule has 0 unspecified atom stereocenters. The molecular weight excluding hydrogens is 296 g/mol. The van der Waals surface area contributed by atoms with Crippen molar-refractivity contribution in [3.63, 3.8) is 0 Å². The summed E-state index contributed by atoms with van der Waals surface area (Å²) in [5, 5.41) is 11.9. The van der Waals surface area contributed by atoms with E-state index in [0.29, 0.717) is 11.1 Å². The van der Waals surface area contributed by atoms with E-state index in [2.05, 4.69) is 32.0 Å². The van der Waals surface area contributed by atoms with Gasteiger partial charge in [0, 0.05) is 22.9 Å². The van der Waals surface area contributed by atoms with Gasteiger partial charge in [-0.1, -0.05) is 11.6 Å². The first-order valence-corrected chi connectivity index (χ1v) is 7.91. The minimum absolute atomic E-state index is 0.598. The third-order valence-electron chi connectivity index (χ3n) is 4.54. The van der Waals surface area contributed by atoms with Gasteiger partial charge in [0.25, 0.3) is 0 Å². The number of hydrogen-bond acceptors (Lipinski definition) is 2. The van der Waals surface area contributed by atoms with E-state index >= 15 is 0 Å². The summed E-state index contributed by atoms with van der Waals surface area (Å²) in [5.41, 5.74) is 6.28. The Labute approximate surface area is 140 Å². The molecule has 0 amide bonds. The summed E-state index contributed by atoms with van der Waals surface area (Å²) in [7, 11) is 1.99. The lowest BCUT2D eigenvalue weighted by atomic mass is 9.95. The average Bonchev–Trinajstić information content (AvgIpc) is 2.92. The molecule has 0 saturated heterocycles. The van der Waals surface area contributed by atoms with Crippen molar-refractivity contribution in [3.8, 4) is 17.3 Å². The number of pyridine rings is 1. The van der Waals surface area contributed by atoms with E-state index in [4.69, 9.17) is 4.42 Å². The summed E-state index contributed by atoms with van der Waals surface area (Å²) in [6.07, 6.45) is 1.99. The topological polar surface area (TPSA) is 40.8 Å². The molecule has 0 radical (unpaired) electrons. The molecule has 0 saturated carbocycles. The van der Waals surface area contributed by atoms with Crippen LogP contribution in [0.5, 0.6) is 0 Å². The van der Waals surface area contributed by atoms with Crippen molar-refractivity contribution in [1.29, 1.82) is 5.26 Å². The highest BCUT2D eigenvalue weighted by atomic mass is 16.3. The molecule has 2 heterocycles. The van der Waals surface area contributed by atoms with E-state index in [1.807, 2.05) is 48.1 Å². The minimum atomic E-state index is 0.598. The van der Waals surface area contributed by atoms with Crippen LogP contribution >= 0.6 is 0 Å². The average molecular weight is 313 g/mol. The van der Waals surface area contributed by atoms with E-state index in [-0.39, 0.29) is 0 Å². The summed E-state index contributed by atoms with van der Waals surface area (Å²) >= 11 is 0. The van der Waals surface area contributed by atoms with Gasteiger partial charge in [-0.3, -0.25) is 0 Å². The van der Waals surface area contributed by atoms with Gasteiger partial charge in [-0.2, -0.15) is 5.26 Å². The first-order chi connectivity index (χ1) is 11.6. The Bertz CT molecular complexity index is 1150. The molecular formula is C21H17N2O+. The normalized spacial score (nSPS) is 11.1. The van der Waals surface area contributed by atoms with Crippen LogP contribution in [-0.4, -0.2) is 0 Å².